The van der Waals surface area contributed by atoms with Crippen LogP contribution in [0.15, 0.2) is 0 Å². The Hall–Kier alpha value is -0.770. The molecule has 1 atom stereocenters. The number of amides is 1. The second kappa shape index (κ2) is 4.48. The normalized spacial score (nSPS) is 27.4. The van der Waals surface area contributed by atoms with E-state index in [2.05, 4.69) is 10.6 Å². The number of nitrogens with one attached hydrogen (secondary N) is 2. The van der Waals surface area contributed by atoms with Crippen molar-refractivity contribution in [2.45, 2.75) is 70.1 Å². The molecule has 1 amide bonds. The minimum absolute atomic E-state index is 0.162. The highest BCUT2D eigenvalue weighted by molar-refractivity contribution is 5.68. The van der Waals surface area contributed by atoms with Crippen LogP contribution in [0.2, 0.25) is 0 Å². The highest BCUT2D eigenvalue weighted by Crippen LogP contribution is 2.38. The molecule has 2 rings (SSSR count). The van der Waals surface area contributed by atoms with Gasteiger partial charge in [0.25, 0.3) is 0 Å². The largest absolute Gasteiger partial charge is 0.444 e. The topological polar surface area (TPSA) is 50.4 Å². The summed E-state index contributed by atoms with van der Waals surface area (Å²) >= 11 is 0. The minimum atomic E-state index is -0.418. The molecular weight excluding hydrogens is 216 g/mol. The fourth-order valence-corrected chi connectivity index (χ4v) is 2.79. The molecule has 1 saturated carbocycles. The second-order valence-corrected chi connectivity index (χ2v) is 6.28. The lowest BCUT2D eigenvalue weighted by Crippen LogP contribution is -2.67. The molecule has 4 heteroatoms. The lowest BCUT2D eigenvalue weighted by molar-refractivity contribution is 0.0355. The number of rotatable bonds is 1. The summed E-state index contributed by atoms with van der Waals surface area (Å²) in [4.78, 5) is 11.8. The number of alkyl carbamates (subject to hydrolysis) is 1. The quantitative estimate of drug-likeness (QED) is 0.738. The van der Waals surface area contributed by atoms with Gasteiger partial charge < -0.3 is 15.4 Å². The van der Waals surface area contributed by atoms with Crippen molar-refractivity contribution in [1.82, 2.24) is 10.6 Å². The molecule has 17 heavy (non-hydrogen) atoms. The summed E-state index contributed by atoms with van der Waals surface area (Å²) in [6.45, 7) is 6.76. The molecule has 2 fully saturated rings. The Balaban J connectivity index is 1.90. The molecule has 1 saturated heterocycles. The van der Waals surface area contributed by atoms with Gasteiger partial charge in [-0.05, 0) is 59.4 Å². The van der Waals surface area contributed by atoms with Crippen molar-refractivity contribution in [2.24, 2.45) is 0 Å². The monoisotopic (exact) mass is 240 g/mol. The van der Waals surface area contributed by atoms with Gasteiger partial charge in [-0.2, -0.15) is 0 Å². The number of carbonyl (C=O) groups excluding carboxylic acids is 1. The molecule has 1 heterocycles. The third-order valence-electron chi connectivity index (χ3n) is 3.75. The molecule has 1 aliphatic heterocycles. The Morgan fingerprint density at radius 3 is 2.59 bits per heavy atom. The Morgan fingerprint density at radius 2 is 2.06 bits per heavy atom. The Labute approximate surface area is 103 Å². The van der Waals surface area contributed by atoms with Gasteiger partial charge in [0.15, 0.2) is 0 Å². The molecule has 0 aromatic rings. The fraction of sp³-hybridized carbons (Fsp3) is 0.923. The Bertz CT molecular complexity index is 292. The van der Waals surface area contributed by atoms with Crippen LogP contribution in [0.3, 0.4) is 0 Å². The molecule has 1 spiro atoms. The summed E-state index contributed by atoms with van der Waals surface area (Å²) in [5, 5.41) is 6.62. The number of ether oxygens (including phenoxy) is 1. The molecule has 0 aromatic heterocycles. The Morgan fingerprint density at radius 1 is 1.35 bits per heavy atom. The maximum atomic E-state index is 11.8. The number of hydrogen-bond acceptors (Lipinski definition) is 3. The molecule has 1 aliphatic carbocycles. The third kappa shape index (κ3) is 2.92. The standard InChI is InChI=1S/C13H24N2O2/c1-12(2,3)17-11(16)15-10-6-4-9-14-13(10)7-5-8-13/h10,14H,4-9H2,1-3H3,(H,15,16). The lowest BCUT2D eigenvalue weighted by atomic mass is 9.68. The zero-order valence-corrected chi connectivity index (χ0v) is 11.1. The van der Waals surface area contributed by atoms with Crippen molar-refractivity contribution in [3.63, 3.8) is 0 Å². The van der Waals surface area contributed by atoms with E-state index in [-0.39, 0.29) is 17.7 Å². The summed E-state index contributed by atoms with van der Waals surface area (Å²) in [5.41, 5.74) is -0.256. The fourth-order valence-electron chi connectivity index (χ4n) is 2.79. The first kappa shape index (κ1) is 12.7. The van der Waals surface area contributed by atoms with Crippen LogP contribution >= 0.6 is 0 Å². The number of hydrogen-bond donors (Lipinski definition) is 2. The van der Waals surface area contributed by atoms with Crippen molar-refractivity contribution in [2.75, 3.05) is 6.54 Å². The van der Waals surface area contributed by atoms with E-state index in [0.29, 0.717) is 0 Å². The third-order valence-corrected chi connectivity index (χ3v) is 3.75. The van der Waals surface area contributed by atoms with Crippen LogP contribution in [-0.4, -0.2) is 29.8 Å². The van der Waals surface area contributed by atoms with Gasteiger partial charge in [-0.1, -0.05) is 0 Å². The molecule has 2 aliphatic rings. The predicted octanol–water partition coefficient (Wildman–Crippen LogP) is 2.19. The first-order valence-electron chi connectivity index (χ1n) is 6.66. The first-order valence-corrected chi connectivity index (χ1v) is 6.66. The van der Waals surface area contributed by atoms with Crippen LogP contribution in [0, 0.1) is 0 Å². The maximum Gasteiger partial charge on any atom is 0.407 e. The van der Waals surface area contributed by atoms with E-state index in [9.17, 15) is 4.79 Å². The van der Waals surface area contributed by atoms with E-state index in [1.165, 1.54) is 19.3 Å². The zero-order chi connectivity index (χ0) is 12.5. The summed E-state index contributed by atoms with van der Waals surface area (Å²) < 4.78 is 5.32. The van der Waals surface area contributed by atoms with Crippen LogP contribution < -0.4 is 10.6 Å². The average molecular weight is 240 g/mol. The highest BCUT2D eigenvalue weighted by Gasteiger charge is 2.46. The van der Waals surface area contributed by atoms with Crippen molar-refractivity contribution < 1.29 is 9.53 Å². The molecule has 0 bridgehead atoms. The maximum absolute atomic E-state index is 11.8. The van der Waals surface area contributed by atoms with E-state index in [1.54, 1.807) is 0 Å². The van der Waals surface area contributed by atoms with Gasteiger partial charge in [0.2, 0.25) is 0 Å². The summed E-state index contributed by atoms with van der Waals surface area (Å²) in [6, 6.07) is 0.236. The van der Waals surface area contributed by atoms with Crippen molar-refractivity contribution in [3.8, 4) is 0 Å². The summed E-state index contributed by atoms with van der Waals surface area (Å²) in [5.74, 6) is 0. The molecule has 1 unspecified atom stereocenters. The van der Waals surface area contributed by atoms with Gasteiger partial charge in [-0.25, -0.2) is 4.79 Å². The van der Waals surface area contributed by atoms with Gasteiger partial charge >= 0.3 is 6.09 Å². The van der Waals surface area contributed by atoms with Crippen molar-refractivity contribution >= 4 is 6.09 Å². The average Bonchev–Trinajstić information content (AvgIpc) is 2.12. The zero-order valence-electron chi connectivity index (χ0n) is 11.1. The van der Waals surface area contributed by atoms with E-state index >= 15 is 0 Å². The van der Waals surface area contributed by atoms with Crippen molar-refractivity contribution in [3.05, 3.63) is 0 Å². The van der Waals surface area contributed by atoms with E-state index in [0.717, 1.165) is 19.4 Å². The molecule has 98 valence electrons. The van der Waals surface area contributed by atoms with E-state index < -0.39 is 5.60 Å². The Kier molecular flexibility index (Phi) is 3.34. The highest BCUT2D eigenvalue weighted by atomic mass is 16.6. The number of carbonyl (C=O) groups is 1. The predicted molar refractivity (Wildman–Crippen MR) is 67.0 cm³/mol. The molecule has 4 nitrogen and oxygen atoms in total. The van der Waals surface area contributed by atoms with E-state index in [1.807, 2.05) is 20.8 Å². The van der Waals surface area contributed by atoms with Gasteiger partial charge in [0.05, 0.1) is 6.04 Å². The van der Waals surface area contributed by atoms with Crippen LogP contribution in [0.5, 0.6) is 0 Å². The van der Waals surface area contributed by atoms with Crippen LogP contribution in [0.1, 0.15) is 52.9 Å². The van der Waals surface area contributed by atoms with Crippen LogP contribution in [-0.2, 0) is 4.74 Å². The minimum Gasteiger partial charge on any atom is -0.444 e. The van der Waals surface area contributed by atoms with Gasteiger partial charge in [0.1, 0.15) is 5.60 Å². The summed E-state index contributed by atoms with van der Waals surface area (Å²) in [7, 11) is 0. The van der Waals surface area contributed by atoms with Crippen molar-refractivity contribution in [1.29, 1.82) is 0 Å². The first-order chi connectivity index (χ1) is 7.91. The lowest BCUT2D eigenvalue weighted by Gasteiger charge is -2.51. The molecule has 2 N–H and O–H groups in total. The van der Waals surface area contributed by atoms with Crippen LogP contribution in [0.25, 0.3) is 0 Å². The molecule has 0 radical (unpaired) electrons. The SMILES string of the molecule is CC(C)(C)OC(=O)NC1CCCNC12CCC2. The van der Waals surface area contributed by atoms with Crippen LogP contribution in [0.4, 0.5) is 4.79 Å². The number of piperidine rings is 1. The summed E-state index contributed by atoms with van der Waals surface area (Å²) in [6.07, 6.45) is 5.52. The van der Waals surface area contributed by atoms with E-state index in [4.69, 9.17) is 4.74 Å². The smallest absolute Gasteiger partial charge is 0.407 e. The molecular formula is C13H24N2O2. The second-order valence-electron chi connectivity index (χ2n) is 6.28. The van der Waals surface area contributed by atoms with Gasteiger partial charge in [0, 0.05) is 5.54 Å². The van der Waals surface area contributed by atoms with Gasteiger partial charge in [-0.15, -0.1) is 0 Å². The molecule has 0 aromatic carbocycles. The van der Waals surface area contributed by atoms with Gasteiger partial charge in [-0.3, -0.25) is 0 Å².